The summed E-state index contributed by atoms with van der Waals surface area (Å²) in [7, 11) is 1.56. The molecule has 0 unspecified atom stereocenters. The number of methoxy groups -OCH3 is 1. The maximum Gasteiger partial charge on any atom is 0.276 e. The summed E-state index contributed by atoms with van der Waals surface area (Å²) in [4.78, 5) is 25.3. The van der Waals surface area contributed by atoms with Gasteiger partial charge in [-0.15, -0.1) is 0 Å². The molecule has 0 bridgehead atoms. The Bertz CT molecular complexity index is 1320. The topological polar surface area (TPSA) is 77.6 Å². The molecule has 7 nitrogen and oxygen atoms in total. The second kappa shape index (κ2) is 8.47. The Balaban J connectivity index is 1.50. The number of hydrogen-bond donors (Lipinski definition) is 1. The van der Waals surface area contributed by atoms with Gasteiger partial charge >= 0.3 is 0 Å². The van der Waals surface area contributed by atoms with Crippen LogP contribution in [0.15, 0.2) is 65.7 Å². The first-order chi connectivity index (χ1) is 15.0. The van der Waals surface area contributed by atoms with Gasteiger partial charge in [-0.3, -0.25) is 9.59 Å². The zero-order valence-corrected chi connectivity index (χ0v) is 17.8. The van der Waals surface area contributed by atoms with Gasteiger partial charge in [-0.1, -0.05) is 29.8 Å². The highest BCUT2D eigenvalue weighted by Crippen LogP contribution is 2.23. The number of hydrogen-bond acceptors (Lipinski definition) is 4. The third-order valence-corrected chi connectivity index (χ3v) is 5.23. The predicted octanol–water partition coefficient (Wildman–Crippen LogP) is 3.22. The Morgan fingerprint density at radius 2 is 1.94 bits per heavy atom. The van der Waals surface area contributed by atoms with Crippen molar-refractivity contribution in [2.45, 2.75) is 20.4 Å². The summed E-state index contributed by atoms with van der Waals surface area (Å²) in [5.41, 5.74) is 4.92. The van der Waals surface area contributed by atoms with E-state index in [2.05, 4.69) is 16.5 Å². The van der Waals surface area contributed by atoms with E-state index in [1.165, 1.54) is 5.56 Å². The van der Waals surface area contributed by atoms with Gasteiger partial charge in [0.1, 0.15) is 11.3 Å². The number of amides is 1. The molecule has 2 aromatic carbocycles. The van der Waals surface area contributed by atoms with Gasteiger partial charge in [0.25, 0.3) is 11.5 Å². The van der Waals surface area contributed by atoms with Crippen molar-refractivity contribution in [2.24, 2.45) is 0 Å². The maximum absolute atomic E-state index is 12.9. The van der Waals surface area contributed by atoms with E-state index in [9.17, 15) is 9.59 Å². The first-order valence-corrected chi connectivity index (χ1v) is 10.0. The van der Waals surface area contributed by atoms with Gasteiger partial charge in [-0.05, 0) is 43.7 Å². The average Bonchev–Trinajstić information content (AvgIpc) is 3.20. The Labute approximate surface area is 179 Å². The molecule has 2 heterocycles. The van der Waals surface area contributed by atoms with Crippen LogP contribution in [0.2, 0.25) is 0 Å². The third kappa shape index (κ3) is 4.21. The van der Waals surface area contributed by atoms with E-state index < -0.39 is 0 Å². The lowest BCUT2D eigenvalue weighted by molar-refractivity contribution is 0.0952. The molecule has 0 aliphatic heterocycles. The Kier molecular flexibility index (Phi) is 5.58. The summed E-state index contributed by atoms with van der Waals surface area (Å²) < 4.78 is 8.33. The number of fused-ring (bicyclic) bond motifs is 1. The minimum Gasteiger partial charge on any atom is -0.497 e. The van der Waals surface area contributed by atoms with Crippen LogP contribution in [0.5, 0.6) is 5.75 Å². The number of ether oxygens (including phenoxy) is 1. The first kappa shape index (κ1) is 20.4. The lowest BCUT2D eigenvalue weighted by Gasteiger charge is -2.08. The van der Waals surface area contributed by atoms with E-state index in [0.29, 0.717) is 29.9 Å². The van der Waals surface area contributed by atoms with Gasteiger partial charge in [-0.25, -0.2) is 4.52 Å². The van der Waals surface area contributed by atoms with Crippen LogP contribution in [0.25, 0.3) is 16.8 Å². The van der Waals surface area contributed by atoms with Crippen LogP contribution in [-0.4, -0.2) is 33.7 Å². The molecule has 1 amide bonds. The summed E-state index contributed by atoms with van der Waals surface area (Å²) in [6.45, 7) is 4.77. The number of rotatable bonds is 6. The van der Waals surface area contributed by atoms with Crippen molar-refractivity contribution in [1.29, 1.82) is 0 Å². The molecule has 0 aliphatic carbocycles. The fraction of sp³-hybridized carbons (Fsp3) is 0.208. The molecule has 0 radical (unpaired) electrons. The molecule has 7 heteroatoms. The van der Waals surface area contributed by atoms with E-state index in [4.69, 9.17) is 4.74 Å². The molecule has 0 aliphatic rings. The molecule has 158 valence electrons. The Hall–Kier alpha value is -3.87. The molecule has 31 heavy (non-hydrogen) atoms. The quantitative estimate of drug-likeness (QED) is 0.524. The molecule has 2 aromatic heterocycles. The predicted molar refractivity (Wildman–Crippen MR) is 120 cm³/mol. The molecule has 0 spiro atoms. The molecule has 4 aromatic rings. The number of nitrogens with one attached hydrogen (secondary N) is 1. The summed E-state index contributed by atoms with van der Waals surface area (Å²) in [6.07, 6.45) is 3.44. The van der Waals surface area contributed by atoms with Crippen LogP contribution in [0.1, 0.15) is 21.5 Å². The van der Waals surface area contributed by atoms with Gasteiger partial charge in [0.15, 0.2) is 0 Å². The van der Waals surface area contributed by atoms with Crippen molar-refractivity contribution >= 4 is 11.4 Å². The van der Waals surface area contributed by atoms with Crippen LogP contribution in [0, 0.1) is 13.8 Å². The minimum atomic E-state index is -0.213. The van der Waals surface area contributed by atoms with E-state index >= 15 is 0 Å². The summed E-state index contributed by atoms with van der Waals surface area (Å²) in [6, 6.07) is 14.9. The largest absolute Gasteiger partial charge is 0.497 e. The average molecular weight is 416 g/mol. The van der Waals surface area contributed by atoms with Crippen LogP contribution >= 0.6 is 0 Å². The zero-order chi connectivity index (χ0) is 22.0. The molecule has 4 rings (SSSR count). The van der Waals surface area contributed by atoms with Gasteiger partial charge in [0, 0.05) is 36.6 Å². The third-order valence-electron chi connectivity index (χ3n) is 5.23. The smallest absolute Gasteiger partial charge is 0.276 e. The second-order valence-electron chi connectivity index (χ2n) is 7.46. The molecule has 0 saturated heterocycles. The van der Waals surface area contributed by atoms with Gasteiger partial charge in [0.05, 0.1) is 12.8 Å². The molecule has 0 atom stereocenters. The van der Waals surface area contributed by atoms with E-state index in [1.54, 1.807) is 52.9 Å². The Morgan fingerprint density at radius 3 is 2.71 bits per heavy atom. The number of carbonyl (C=O) groups excluding carboxylic acids is 1. The maximum atomic E-state index is 12.9. The summed E-state index contributed by atoms with van der Waals surface area (Å²) in [5.74, 6) is 0.407. The fourth-order valence-electron chi connectivity index (χ4n) is 3.59. The summed E-state index contributed by atoms with van der Waals surface area (Å²) in [5, 5.41) is 7.40. The van der Waals surface area contributed by atoms with E-state index in [0.717, 1.165) is 16.8 Å². The summed E-state index contributed by atoms with van der Waals surface area (Å²) >= 11 is 0. The highest BCUT2D eigenvalue weighted by atomic mass is 16.5. The lowest BCUT2D eigenvalue weighted by atomic mass is 10.0. The number of aryl methyl sites for hydroxylation is 2. The standard InChI is InChI=1S/C24H24N4O3/c1-16-7-8-20(17(2)13-16)21-15-22-24(30)27(11-12-28(22)26-21)10-9-25-23(29)18-5-4-6-19(14-18)31-3/h4-8,11-15H,9-10H2,1-3H3,(H,25,29). The normalized spacial score (nSPS) is 10.9. The Morgan fingerprint density at radius 1 is 1.10 bits per heavy atom. The molecular formula is C24H24N4O3. The van der Waals surface area contributed by atoms with E-state index in [-0.39, 0.29) is 11.5 Å². The lowest BCUT2D eigenvalue weighted by Crippen LogP contribution is -2.31. The molecular weight excluding hydrogens is 392 g/mol. The zero-order valence-electron chi connectivity index (χ0n) is 17.8. The van der Waals surface area contributed by atoms with Crippen LogP contribution in [0.4, 0.5) is 0 Å². The van der Waals surface area contributed by atoms with Gasteiger partial charge < -0.3 is 14.6 Å². The fourth-order valence-corrected chi connectivity index (χ4v) is 3.59. The number of carbonyl (C=O) groups is 1. The molecule has 0 fully saturated rings. The number of nitrogens with zero attached hydrogens (tertiary/aromatic N) is 3. The first-order valence-electron chi connectivity index (χ1n) is 10.0. The van der Waals surface area contributed by atoms with Crippen molar-refractivity contribution in [1.82, 2.24) is 19.5 Å². The highest BCUT2D eigenvalue weighted by molar-refractivity contribution is 5.94. The SMILES string of the molecule is COc1cccc(C(=O)NCCn2ccn3nc(-c4ccc(C)cc4C)cc3c2=O)c1. The minimum absolute atomic E-state index is 0.151. The van der Waals surface area contributed by atoms with Crippen LogP contribution < -0.4 is 15.6 Å². The highest BCUT2D eigenvalue weighted by Gasteiger charge is 2.12. The van der Waals surface area contributed by atoms with Crippen molar-refractivity contribution in [3.63, 3.8) is 0 Å². The van der Waals surface area contributed by atoms with Gasteiger partial charge in [0.2, 0.25) is 0 Å². The second-order valence-corrected chi connectivity index (χ2v) is 7.46. The van der Waals surface area contributed by atoms with Crippen LogP contribution in [0.3, 0.4) is 0 Å². The van der Waals surface area contributed by atoms with Crippen molar-refractivity contribution < 1.29 is 9.53 Å². The monoisotopic (exact) mass is 416 g/mol. The van der Waals surface area contributed by atoms with Crippen LogP contribution in [-0.2, 0) is 6.54 Å². The molecule has 1 N–H and O–H groups in total. The molecule has 0 saturated carbocycles. The van der Waals surface area contributed by atoms with Crippen molar-refractivity contribution in [3.8, 4) is 17.0 Å². The van der Waals surface area contributed by atoms with E-state index in [1.807, 2.05) is 32.0 Å². The van der Waals surface area contributed by atoms with Gasteiger partial charge in [-0.2, -0.15) is 5.10 Å². The van der Waals surface area contributed by atoms with Crippen molar-refractivity contribution in [2.75, 3.05) is 13.7 Å². The van der Waals surface area contributed by atoms with Crippen molar-refractivity contribution in [3.05, 3.63) is 88.0 Å². The number of benzene rings is 2. The number of aromatic nitrogens is 3.